The molecule has 138 valence electrons. The van der Waals surface area contributed by atoms with Gasteiger partial charge in [0.1, 0.15) is 12.1 Å². The summed E-state index contributed by atoms with van der Waals surface area (Å²) in [4.78, 5) is 12.6. The first kappa shape index (κ1) is 18.9. The van der Waals surface area contributed by atoms with Crippen molar-refractivity contribution in [3.05, 3.63) is 82.2 Å². The standard InChI is InChI=1S/C23H19N3O2/c1-15-21(18-9-10-19(12-24)20(11-18)13-25)22(23(27)28-3)16(2)26(15)14-17-7-5-4-6-8-17/h4-11H,14H2,1-3H3. The largest absolute Gasteiger partial charge is 0.465 e. The van der Waals surface area contributed by atoms with E-state index in [0.717, 1.165) is 22.5 Å². The highest BCUT2D eigenvalue weighted by atomic mass is 16.5. The van der Waals surface area contributed by atoms with Crippen LogP contribution in [0.2, 0.25) is 0 Å². The number of esters is 1. The lowest BCUT2D eigenvalue weighted by Gasteiger charge is -2.10. The highest BCUT2D eigenvalue weighted by Gasteiger charge is 2.25. The number of ether oxygens (including phenoxy) is 1. The zero-order valence-electron chi connectivity index (χ0n) is 16.0. The first-order valence-electron chi connectivity index (χ1n) is 8.78. The first-order chi connectivity index (χ1) is 13.5. The molecule has 1 heterocycles. The van der Waals surface area contributed by atoms with Crippen LogP contribution in [0.5, 0.6) is 0 Å². The van der Waals surface area contributed by atoms with Gasteiger partial charge in [0.05, 0.1) is 23.8 Å². The normalized spacial score (nSPS) is 10.2. The molecule has 3 aromatic rings. The van der Waals surface area contributed by atoms with E-state index in [1.165, 1.54) is 7.11 Å². The number of hydrogen-bond acceptors (Lipinski definition) is 4. The molecule has 0 bridgehead atoms. The van der Waals surface area contributed by atoms with E-state index >= 15 is 0 Å². The van der Waals surface area contributed by atoms with Crippen LogP contribution in [-0.4, -0.2) is 17.6 Å². The number of hydrogen-bond donors (Lipinski definition) is 0. The number of aromatic nitrogens is 1. The van der Waals surface area contributed by atoms with Crippen molar-refractivity contribution < 1.29 is 9.53 Å². The van der Waals surface area contributed by atoms with Gasteiger partial charge in [0, 0.05) is 23.5 Å². The summed E-state index contributed by atoms with van der Waals surface area (Å²) in [5, 5.41) is 18.6. The monoisotopic (exact) mass is 369 g/mol. The lowest BCUT2D eigenvalue weighted by molar-refractivity contribution is 0.0600. The lowest BCUT2D eigenvalue weighted by atomic mass is 9.97. The smallest absolute Gasteiger partial charge is 0.340 e. The van der Waals surface area contributed by atoms with Gasteiger partial charge in [0.2, 0.25) is 0 Å². The molecular formula is C23H19N3O2. The van der Waals surface area contributed by atoms with E-state index in [1.54, 1.807) is 18.2 Å². The molecule has 0 atom stereocenters. The Labute approximate surface area is 164 Å². The number of benzene rings is 2. The van der Waals surface area contributed by atoms with Crippen molar-refractivity contribution in [2.75, 3.05) is 7.11 Å². The molecule has 0 aliphatic heterocycles. The van der Waals surface area contributed by atoms with Crippen molar-refractivity contribution in [3.8, 4) is 23.3 Å². The van der Waals surface area contributed by atoms with Crippen LogP contribution >= 0.6 is 0 Å². The van der Waals surface area contributed by atoms with Gasteiger partial charge in [-0.3, -0.25) is 0 Å². The Morgan fingerprint density at radius 3 is 2.29 bits per heavy atom. The van der Waals surface area contributed by atoms with Crippen molar-refractivity contribution in [1.29, 1.82) is 10.5 Å². The minimum Gasteiger partial charge on any atom is -0.465 e. The van der Waals surface area contributed by atoms with Gasteiger partial charge >= 0.3 is 5.97 Å². The van der Waals surface area contributed by atoms with E-state index in [2.05, 4.69) is 10.6 Å². The molecule has 0 fully saturated rings. The van der Waals surface area contributed by atoms with Crippen LogP contribution in [0.15, 0.2) is 48.5 Å². The van der Waals surface area contributed by atoms with Crippen LogP contribution in [0.3, 0.4) is 0 Å². The van der Waals surface area contributed by atoms with Crippen molar-refractivity contribution in [2.45, 2.75) is 20.4 Å². The molecule has 0 N–H and O–H groups in total. The van der Waals surface area contributed by atoms with Crippen molar-refractivity contribution >= 4 is 5.97 Å². The number of carbonyl (C=O) groups excluding carboxylic acids is 1. The third-order valence-electron chi connectivity index (χ3n) is 4.91. The highest BCUT2D eigenvalue weighted by molar-refractivity contribution is 6.00. The zero-order valence-corrected chi connectivity index (χ0v) is 16.0. The summed E-state index contributed by atoms with van der Waals surface area (Å²) in [6, 6.07) is 19.1. The van der Waals surface area contributed by atoms with E-state index in [1.807, 2.05) is 50.2 Å². The quantitative estimate of drug-likeness (QED) is 0.641. The van der Waals surface area contributed by atoms with Crippen LogP contribution in [0.25, 0.3) is 11.1 Å². The fraction of sp³-hybridized carbons (Fsp3) is 0.174. The number of rotatable bonds is 4. The summed E-state index contributed by atoms with van der Waals surface area (Å²) in [5.41, 5.74) is 5.31. The Balaban J connectivity index is 2.23. The van der Waals surface area contributed by atoms with Crippen LogP contribution in [0.4, 0.5) is 0 Å². The van der Waals surface area contributed by atoms with Gasteiger partial charge in [-0.1, -0.05) is 36.4 Å². The molecule has 0 amide bonds. The second-order valence-electron chi connectivity index (χ2n) is 6.47. The summed E-state index contributed by atoms with van der Waals surface area (Å²) < 4.78 is 7.10. The molecule has 5 nitrogen and oxygen atoms in total. The number of nitrogens with zero attached hydrogens (tertiary/aromatic N) is 3. The van der Waals surface area contributed by atoms with E-state index in [0.29, 0.717) is 23.2 Å². The predicted octanol–water partition coefficient (Wildman–Crippen LogP) is 4.35. The second-order valence-corrected chi connectivity index (χ2v) is 6.47. The summed E-state index contributed by atoms with van der Waals surface area (Å²) in [6.45, 7) is 4.45. The Morgan fingerprint density at radius 1 is 1.00 bits per heavy atom. The van der Waals surface area contributed by atoms with Gasteiger partial charge in [-0.2, -0.15) is 10.5 Å². The molecule has 0 spiro atoms. The van der Waals surface area contributed by atoms with E-state index in [-0.39, 0.29) is 5.56 Å². The van der Waals surface area contributed by atoms with Gasteiger partial charge in [-0.15, -0.1) is 0 Å². The minimum atomic E-state index is -0.426. The second kappa shape index (κ2) is 7.82. The van der Waals surface area contributed by atoms with Crippen LogP contribution in [0.1, 0.15) is 38.4 Å². The van der Waals surface area contributed by atoms with Crippen LogP contribution in [-0.2, 0) is 11.3 Å². The zero-order chi connectivity index (χ0) is 20.3. The number of nitriles is 2. The van der Waals surface area contributed by atoms with Crippen molar-refractivity contribution in [2.24, 2.45) is 0 Å². The maximum atomic E-state index is 12.6. The van der Waals surface area contributed by atoms with E-state index in [4.69, 9.17) is 4.74 Å². The molecule has 28 heavy (non-hydrogen) atoms. The molecule has 0 aliphatic rings. The molecule has 2 aromatic carbocycles. The Hall–Kier alpha value is -3.83. The highest BCUT2D eigenvalue weighted by Crippen LogP contribution is 2.34. The summed E-state index contributed by atoms with van der Waals surface area (Å²) in [5.74, 6) is -0.426. The van der Waals surface area contributed by atoms with E-state index < -0.39 is 5.97 Å². The molecule has 1 aromatic heterocycles. The molecule has 0 aliphatic carbocycles. The maximum absolute atomic E-state index is 12.6. The molecule has 3 rings (SSSR count). The topological polar surface area (TPSA) is 78.8 Å². The van der Waals surface area contributed by atoms with Gasteiger partial charge in [0.15, 0.2) is 0 Å². The van der Waals surface area contributed by atoms with Crippen molar-refractivity contribution in [1.82, 2.24) is 4.57 Å². The predicted molar refractivity (Wildman–Crippen MR) is 106 cm³/mol. The average Bonchev–Trinajstić information content (AvgIpc) is 2.98. The Kier molecular flexibility index (Phi) is 5.29. The molecule has 0 radical (unpaired) electrons. The Morgan fingerprint density at radius 2 is 1.68 bits per heavy atom. The first-order valence-corrected chi connectivity index (χ1v) is 8.78. The fourth-order valence-corrected chi connectivity index (χ4v) is 3.48. The summed E-state index contributed by atoms with van der Waals surface area (Å²) >= 11 is 0. The molecule has 5 heteroatoms. The average molecular weight is 369 g/mol. The van der Waals surface area contributed by atoms with Gasteiger partial charge in [-0.25, -0.2) is 4.79 Å². The van der Waals surface area contributed by atoms with Gasteiger partial charge in [0.25, 0.3) is 0 Å². The van der Waals surface area contributed by atoms with Crippen LogP contribution < -0.4 is 0 Å². The fourth-order valence-electron chi connectivity index (χ4n) is 3.48. The van der Waals surface area contributed by atoms with E-state index in [9.17, 15) is 15.3 Å². The molecule has 0 saturated carbocycles. The third-order valence-corrected chi connectivity index (χ3v) is 4.91. The lowest BCUT2D eigenvalue weighted by Crippen LogP contribution is -2.07. The summed E-state index contributed by atoms with van der Waals surface area (Å²) in [7, 11) is 1.36. The van der Waals surface area contributed by atoms with Crippen LogP contribution in [0, 0.1) is 36.5 Å². The SMILES string of the molecule is COC(=O)c1c(-c2ccc(C#N)c(C#N)c2)c(C)n(Cc2ccccc2)c1C. The molecule has 0 saturated heterocycles. The molecule has 0 unspecified atom stereocenters. The van der Waals surface area contributed by atoms with Crippen molar-refractivity contribution in [3.63, 3.8) is 0 Å². The Bertz CT molecular complexity index is 1130. The number of methoxy groups -OCH3 is 1. The number of carbonyl (C=O) groups is 1. The third kappa shape index (κ3) is 3.26. The van der Waals surface area contributed by atoms with Gasteiger partial charge < -0.3 is 9.30 Å². The molecular weight excluding hydrogens is 350 g/mol. The summed E-state index contributed by atoms with van der Waals surface area (Å²) in [6.07, 6.45) is 0. The van der Waals surface area contributed by atoms with Gasteiger partial charge in [-0.05, 0) is 37.1 Å². The minimum absolute atomic E-state index is 0.281. The maximum Gasteiger partial charge on any atom is 0.340 e.